The van der Waals surface area contributed by atoms with Gasteiger partial charge in [0.2, 0.25) is 5.91 Å². The number of hydrogen-bond donors (Lipinski definition) is 2. The molecule has 2 atom stereocenters. The second-order valence-corrected chi connectivity index (χ2v) is 4.89. The van der Waals surface area contributed by atoms with Gasteiger partial charge >= 0.3 is 5.97 Å². The second kappa shape index (κ2) is 5.21. The average molecular weight is 247 g/mol. The predicted octanol–water partition coefficient (Wildman–Crippen LogP) is 1.84. The van der Waals surface area contributed by atoms with Crippen LogP contribution in [0.25, 0.3) is 0 Å². The van der Waals surface area contributed by atoms with Crippen LogP contribution in [0.5, 0.6) is 0 Å². The Morgan fingerprint density at radius 3 is 2.44 bits per heavy atom. The molecule has 18 heavy (non-hydrogen) atoms. The molecule has 96 valence electrons. The van der Waals surface area contributed by atoms with E-state index >= 15 is 0 Å². The number of rotatable bonds is 5. The van der Waals surface area contributed by atoms with Crippen molar-refractivity contribution in [3.05, 3.63) is 35.4 Å². The van der Waals surface area contributed by atoms with Crippen molar-refractivity contribution in [1.82, 2.24) is 5.32 Å². The van der Waals surface area contributed by atoms with Crippen LogP contribution >= 0.6 is 0 Å². The Balaban J connectivity index is 1.79. The lowest BCUT2D eigenvalue weighted by Crippen LogP contribution is -2.26. The maximum Gasteiger partial charge on any atom is 0.335 e. The highest BCUT2D eigenvalue weighted by atomic mass is 16.4. The van der Waals surface area contributed by atoms with E-state index in [1.54, 1.807) is 24.3 Å². The van der Waals surface area contributed by atoms with Gasteiger partial charge in [-0.2, -0.15) is 0 Å². The largest absolute Gasteiger partial charge is 0.478 e. The van der Waals surface area contributed by atoms with E-state index in [2.05, 4.69) is 12.2 Å². The second-order valence-electron chi connectivity index (χ2n) is 4.89. The number of carboxylic acid groups (broad SMARTS) is 1. The maximum atomic E-state index is 11.6. The summed E-state index contributed by atoms with van der Waals surface area (Å²) in [5, 5.41) is 11.7. The quantitative estimate of drug-likeness (QED) is 0.834. The predicted molar refractivity (Wildman–Crippen MR) is 67.4 cm³/mol. The molecule has 4 nitrogen and oxygen atoms in total. The molecule has 1 amide bonds. The standard InChI is InChI=1S/C14H17NO3/c1-9-8-12(9)15-13(16)7-4-10-2-5-11(6-3-10)14(17)18/h2-3,5-6,9,12H,4,7-8H2,1H3,(H,15,16)(H,17,18). The monoisotopic (exact) mass is 247 g/mol. The van der Waals surface area contributed by atoms with Crippen molar-refractivity contribution in [3.8, 4) is 0 Å². The number of carbonyl (C=O) groups excluding carboxylic acids is 1. The van der Waals surface area contributed by atoms with Gasteiger partial charge in [-0.3, -0.25) is 4.79 Å². The first-order chi connectivity index (χ1) is 8.56. The lowest BCUT2D eigenvalue weighted by Gasteiger charge is -2.04. The van der Waals surface area contributed by atoms with Crippen LogP contribution in [0.15, 0.2) is 24.3 Å². The van der Waals surface area contributed by atoms with Crippen LogP contribution in [0.3, 0.4) is 0 Å². The number of hydrogen-bond acceptors (Lipinski definition) is 2. The Bertz CT molecular complexity index is 453. The molecule has 0 aliphatic heterocycles. The topological polar surface area (TPSA) is 66.4 Å². The average Bonchev–Trinajstić information content (AvgIpc) is 3.02. The van der Waals surface area contributed by atoms with E-state index in [4.69, 9.17) is 5.11 Å². The van der Waals surface area contributed by atoms with E-state index in [1.165, 1.54) is 0 Å². The first-order valence-corrected chi connectivity index (χ1v) is 6.18. The highest BCUT2D eigenvalue weighted by Gasteiger charge is 2.33. The molecule has 1 fully saturated rings. The molecule has 1 aliphatic carbocycles. The number of aromatic carboxylic acids is 1. The molecule has 1 saturated carbocycles. The number of benzene rings is 1. The zero-order valence-corrected chi connectivity index (χ0v) is 10.3. The van der Waals surface area contributed by atoms with Gasteiger partial charge < -0.3 is 10.4 Å². The van der Waals surface area contributed by atoms with Crippen molar-refractivity contribution < 1.29 is 14.7 Å². The summed E-state index contributed by atoms with van der Waals surface area (Å²) in [6.07, 6.45) is 2.18. The highest BCUT2D eigenvalue weighted by Crippen LogP contribution is 2.28. The molecular weight excluding hydrogens is 230 g/mol. The van der Waals surface area contributed by atoms with Crippen LogP contribution in [0.4, 0.5) is 0 Å². The fourth-order valence-corrected chi connectivity index (χ4v) is 1.87. The van der Waals surface area contributed by atoms with Crippen molar-refractivity contribution in [2.75, 3.05) is 0 Å². The number of carbonyl (C=O) groups is 2. The smallest absolute Gasteiger partial charge is 0.335 e. The van der Waals surface area contributed by atoms with Gasteiger partial charge in [-0.1, -0.05) is 19.1 Å². The zero-order chi connectivity index (χ0) is 13.1. The van der Waals surface area contributed by atoms with Crippen LogP contribution < -0.4 is 5.32 Å². The summed E-state index contributed by atoms with van der Waals surface area (Å²) >= 11 is 0. The van der Waals surface area contributed by atoms with Crippen molar-refractivity contribution in [3.63, 3.8) is 0 Å². The van der Waals surface area contributed by atoms with Gasteiger partial charge in [0.15, 0.2) is 0 Å². The summed E-state index contributed by atoms with van der Waals surface area (Å²) in [6, 6.07) is 7.02. The van der Waals surface area contributed by atoms with E-state index in [0.29, 0.717) is 24.8 Å². The number of nitrogens with one attached hydrogen (secondary N) is 1. The van der Waals surface area contributed by atoms with Crippen LogP contribution in [0, 0.1) is 5.92 Å². The first-order valence-electron chi connectivity index (χ1n) is 6.18. The highest BCUT2D eigenvalue weighted by molar-refractivity contribution is 5.87. The zero-order valence-electron chi connectivity index (χ0n) is 10.3. The van der Waals surface area contributed by atoms with E-state index < -0.39 is 5.97 Å². The third kappa shape index (κ3) is 3.32. The van der Waals surface area contributed by atoms with Gasteiger partial charge in [-0.25, -0.2) is 4.79 Å². The van der Waals surface area contributed by atoms with Gasteiger partial charge in [0.25, 0.3) is 0 Å². The van der Waals surface area contributed by atoms with Crippen LogP contribution in [0.2, 0.25) is 0 Å². The number of carboxylic acids is 1. The summed E-state index contributed by atoms with van der Waals surface area (Å²) in [4.78, 5) is 22.3. The molecule has 0 aromatic heterocycles. The van der Waals surface area contributed by atoms with E-state index in [1.807, 2.05) is 0 Å². The fraction of sp³-hybridized carbons (Fsp3) is 0.429. The molecule has 0 spiro atoms. The third-order valence-electron chi connectivity index (χ3n) is 3.30. The Kier molecular flexibility index (Phi) is 3.65. The van der Waals surface area contributed by atoms with Gasteiger partial charge in [0.1, 0.15) is 0 Å². The molecule has 1 aromatic carbocycles. The maximum absolute atomic E-state index is 11.6. The summed E-state index contributed by atoms with van der Waals surface area (Å²) in [5.74, 6) is -0.238. The van der Waals surface area contributed by atoms with Gasteiger partial charge in [-0.15, -0.1) is 0 Å². The van der Waals surface area contributed by atoms with Crippen LogP contribution in [0.1, 0.15) is 35.7 Å². The van der Waals surface area contributed by atoms with Gasteiger partial charge in [-0.05, 0) is 36.5 Å². The molecular formula is C14H17NO3. The van der Waals surface area contributed by atoms with Crippen LogP contribution in [-0.2, 0) is 11.2 Å². The van der Waals surface area contributed by atoms with Crippen LogP contribution in [-0.4, -0.2) is 23.0 Å². The molecule has 0 bridgehead atoms. The lowest BCUT2D eigenvalue weighted by atomic mass is 10.1. The molecule has 2 N–H and O–H groups in total. The molecule has 1 aromatic rings. The Morgan fingerprint density at radius 1 is 1.33 bits per heavy atom. The number of amides is 1. The molecule has 2 rings (SSSR count). The van der Waals surface area contributed by atoms with E-state index in [0.717, 1.165) is 12.0 Å². The van der Waals surface area contributed by atoms with E-state index in [-0.39, 0.29) is 11.5 Å². The Labute approximate surface area is 106 Å². The molecule has 0 heterocycles. The minimum absolute atomic E-state index is 0.0756. The molecule has 4 heteroatoms. The van der Waals surface area contributed by atoms with Gasteiger partial charge in [0, 0.05) is 12.5 Å². The molecule has 0 saturated heterocycles. The fourth-order valence-electron chi connectivity index (χ4n) is 1.87. The van der Waals surface area contributed by atoms with E-state index in [9.17, 15) is 9.59 Å². The summed E-state index contributed by atoms with van der Waals surface area (Å²) in [6.45, 7) is 2.12. The summed E-state index contributed by atoms with van der Waals surface area (Å²) in [5.41, 5.74) is 1.26. The van der Waals surface area contributed by atoms with Crippen molar-refractivity contribution in [2.24, 2.45) is 5.92 Å². The minimum atomic E-state index is -0.929. The van der Waals surface area contributed by atoms with Crippen molar-refractivity contribution in [2.45, 2.75) is 32.2 Å². The van der Waals surface area contributed by atoms with Crippen molar-refractivity contribution >= 4 is 11.9 Å². The van der Waals surface area contributed by atoms with Gasteiger partial charge in [0.05, 0.1) is 5.56 Å². The number of aryl methyl sites for hydroxylation is 1. The third-order valence-corrected chi connectivity index (χ3v) is 3.30. The summed E-state index contributed by atoms with van der Waals surface area (Å²) < 4.78 is 0. The minimum Gasteiger partial charge on any atom is -0.478 e. The lowest BCUT2D eigenvalue weighted by molar-refractivity contribution is -0.121. The normalized spacial score (nSPS) is 21.4. The molecule has 0 radical (unpaired) electrons. The Morgan fingerprint density at radius 2 is 1.94 bits per heavy atom. The Hall–Kier alpha value is -1.84. The first kappa shape index (κ1) is 12.6. The SMILES string of the molecule is CC1CC1NC(=O)CCc1ccc(C(=O)O)cc1. The molecule has 2 unspecified atom stereocenters. The molecule has 1 aliphatic rings. The summed E-state index contributed by atoms with van der Waals surface area (Å²) in [7, 11) is 0. The van der Waals surface area contributed by atoms with Crippen molar-refractivity contribution in [1.29, 1.82) is 0 Å².